The first-order chi connectivity index (χ1) is 9.40. The zero-order chi connectivity index (χ0) is 13.3. The average Bonchev–Trinajstić information content (AvgIpc) is 2.46. The van der Waals surface area contributed by atoms with Crippen LogP contribution in [-0.2, 0) is 4.74 Å². The Morgan fingerprint density at radius 1 is 0.842 bits per heavy atom. The van der Waals surface area contributed by atoms with Crippen LogP contribution in [0.2, 0.25) is 0 Å². The minimum atomic E-state index is 0.682. The Morgan fingerprint density at radius 3 is 2.47 bits per heavy atom. The van der Waals surface area contributed by atoms with Gasteiger partial charge in [-0.05, 0) is 35.9 Å². The van der Waals surface area contributed by atoms with Crippen LogP contribution in [0.3, 0.4) is 0 Å². The highest BCUT2D eigenvalue weighted by Crippen LogP contribution is 2.20. The summed E-state index contributed by atoms with van der Waals surface area (Å²) in [6, 6.07) is 14.5. The third-order valence-corrected chi connectivity index (χ3v) is 2.92. The topological polar surface area (TPSA) is 44.5 Å². The molecule has 0 amide bonds. The van der Waals surface area contributed by atoms with Crippen molar-refractivity contribution in [1.29, 1.82) is 0 Å². The molecule has 0 aliphatic carbocycles. The Hall–Kier alpha value is -1.58. The summed E-state index contributed by atoms with van der Waals surface area (Å²) in [7, 11) is 0. The van der Waals surface area contributed by atoms with Crippen molar-refractivity contribution in [2.75, 3.05) is 26.4 Å². The monoisotopic (exact) mass is 259 g/mol. The van der Waals surface area contributed by atoms with Crippen LogP contribution < -0.4 is 10.5 Å². The fourth-order valence-electron chi connectivity index (χ4n) is 1.90. The lowest BCUT2D eigenvalue weighted by Gasteiger charge is -2.07. The van der Waals surface area contributed by atoms with Gasteiger partial charge in [0, 0.05) is 19.6 Å². The van der Waals surface area contributed by atoms with E-state index in [1.54, 1.807) is 0 Å². The van der Waals surface area contributed by atoms with Crippen molar-refractivity contribution in [2.45, 2.75) is 12.8 Å². The van der Waals surface area contributed by atoms with Crippen LogP contribution in [0.25, 0.3) is 10.8 Å². The predicted octanol–water partition coefficient (Wildman–Crippen LogP) is 2.97. The van der Waals surface area contributed by atoms with Gasteiger partial charge in [0.15, 0.2) is 0 Å². The highest BCUT2D eigenvalue weighted by molar-refractivity contribution is 5.83. The minimum absolute atomic E-state index is 0.682. The predicted molar refractivity (Wildman–Crippen MR) is 78.6 cm³/mol. The molecule has 102 valence electrons. The summed E-state index contributed by atoms with van der Waals surface area (Å²) >= 11 is 0. The van der Waals surface area contributed by atoms with Crippen molar-refractivity contribution in [3.63, 3.8) is 0 Å². The van der Waals surface area contributed by atoms with Crippen LogP contribution >= 0.6 is 0 Å². The summed E-state index contributed by atoms with van der Waals surface area (Å²) in [5, 5.41) is 2.44. The molecule has 0 saturated carbocycles. The van der Waals surface area contributed by atoms with Gasteiger partial charge in [0.1, 0.15) is 5.75 Å². The number of fused-ring (bicyclic) bond motifs is 1. The van der Waals surface area contributed by atoms with E-state index in [9.17, 15) is 0 Å². The summed E-state index contributed by atoms with van der Waals surface area (Å²) in [5.41, 5.74) is 5.39. The number of hydrogen-bond donors (Lipinski definition) is 1. The van der Waals surface area contributed by atoms with Gasteiger partial charge >= 0.3 is 0 Å². The van der Waals surface area contributed by atoms with E-state index in [4.69, 9.17) is 15.2 Å². The van der Waals surface area contributed by atoms with Gasteiger partial charge in [-0.15, -0.1) is 0 Å². The van der Waals surface area contributed by atoms with E-state index >= 15 is 0 Å². The van der Waals surface area contributed by atoms with E-state index < -0.39 is 0 Å². The standard InChI is InChI=1S/C16H21NO2/c17-9-3-10-18-11-4-12-19-16-8-7-14-5-1-2-6-15(14)13-16/h1-2,5-8,13H,3-4,9-12,17H2. The molecule has 2 aromatic carbocycles. The van der Waals surface area contributed by atoms with E-state index in [1.807, 2.05) is 18.2 Å². The van der Waals surface area contributed by atoms with Crippen molar-refractivity contribution in [2.24, 2.45) is 5.73 Å². The molecule has 0 saturated heterocycles. The summed E-state index contributed by atoms with van der Waals surface area (Å²) in [6.45, 7) is 2.84. The third kappa shape index (κ3) is 4.54. The Labute approximate surface area is 114 Å². The number of hydrogen-bond acceptors (Lipinski definition) is 3. The van der Waals surface area contributed by atoms with Gasteiger partial charge in [-0.3, -0.25) is 0 Å². The van der Waals surface area contributed by atoms with Crippen molar-refractivity contribution in [3.05, 3.63) is 42.5 Å². The molecule has 0 atom stereocenters. The largest absolute Gasteiger partial charge is 0.493 e. The zero-order valence-electron chi connectivity index (χ0n) is 11.2. The highest BCUT2D eigenvalue weighted by Gasteiger charge is 1.97. The molecule has 0 unspecified atom stereocenters. The number of rotatable bonds is 8. The molecule has 0 aliphatic heterocycles. The molecular weight excluding hydrogens is 238 g/mol. The van der Waals surface area contributed by atoms with Crippen LogP contribution in [-0.4, -0.2) is 26.4 Å². The maximum atomic E-state index is 5.72. The van der Waals surface area contributed by atoms with Gasteiger partial charge in [0.2, 0.25) is 0 Å². The highest BCUT2D eigenvalue weighted by atomic mass is 16.5. The molecule has 2 aromatic rings. The van der Waals surface area contributed by atoms with E-state index in [1.165, 1.54) is 10.8 Å². The van der Waals surface area contributed by atoms with Crippen LogP contribution in [0.4, 0.5) is 0 Å². The van der Waals surface area contributed by atoms with E-state index in [0.29, 0.717) is 13.2 Å². The molecule has 0 fully saturated rings. The Bertz CT molecular complexity index is 499. The lowest BCUT2D eigenvalue weighted by Crippen LogP contribution is -2.07. The molecular formula is C16H21NO2. The molecule has 19 heavy (non-hydrogen) atoms. The van der Waals surface area contributed by atoms with Gasteiger partial charge in [-0.25, -0.2) is 0 Å². The first kappa shape index (κ1) is 13.8. The van der Waals surface area contributed by atoms with Crippen molar-refractivity contribution in [3.8, 4) is 5.75 Å². The fraction of sp³-hybridized carbons (Fsp3) is 0.375. The molecule has 0 bridgehead atoms. The lowest BCUT2D eigenvalue weighted by molar-refractivity contribution is 0.118. The van der Waals surface area contributed by atoms with E-state index in [0.717, 1.165) is 31.8 Å². The first-order valence-electron chi connectivity index (χ1n) is 6.79. The number of nitrogens with two attached hydrogens (primary N) is 1. The SMILES string of the molecule is NCCCOCCCOc1ccc2ccccc2c1. The summed E-state index contributed by atoms with van der Waals surface area (Å²) < 4.78 is 11.1. The van der Waals surface area contributed by atoms with Crippen LogP contribution in [0.1, 0.15) is 12.8 Å². The summed E-state index contributed by atoms with van der Waals surface area (Å²) in [4.78, 5) is 0. The van der Waals surface area contributed by atoms with Gasteiger partial charge < -0.3 is 15.2 Å². The van der Waals surface area contributed by atoms with Gasteiger partial charge in [0.25, 0.3) is 0 Å². The lowest BCUT2D eigenvalue weighted by atomic mass is 10.1. The third-order valence-electron chi connectivity index (χ3n) is 2.92. The normalized spacial score (nSPS) is 10.8. The molecule has 2 rings (SSSR count). The van der Waals surface area contributed by atoms with Crippen molar-refractivity contribution >= 4 is 10.8 Å². The second-order valence-corrected chi connectivity index (χ2v) is 4.47. The molecule has 0 heterocycles. The second kappa shape index (κ2) is 7.77. The minimum Gasteiger partial charge on any atom is -0.493 e. The van der Waals surface area contributed by atoms with E-state index in [2.05, 4.69) is 24.3 Å². The Morgan fingerprint density at radius 2 is 1.63 bits per heavy atom. The summed E-state index contributed by atoms with van der Waals surface area (Å²) in [6.07, 6.45) is 1.82. The van der Waals surface area contributed by atoms with Crippen molar-refractivity contribution < 1.29 is 9.47 Å². The van der Waals surface area contributed by atoms with Gasteiger partial charge in [0.05, 0.1) is 6.61 Å². The number of benzene rings is 2. The smallest absolute Gasteiger partial charge is 0.119 e. The molecule has 3 nitrogen and oxygen atoms in total. The zero-order valence-corrected chi connectivity index (χ0v) is 11.2. The van der Waals surface area contributed by atoms with E-state index in [-0.39, 0.29) is 0 Å². The molecule has 0 spiro atoms. The Balaban J connectivity index is 1.72. The van der Waals surface area contributed by atoms with Crippen molar-refractivity contribution in [1.82, 2.24) is 0 Å². The molecule has 0 aliphatic rings. The maximum Gasteiger partial charge on any atom is 0.119 e. The van der Waals surface area contributed by atoms with Gasteiger partial charge in [-0.2, -0.15) is 0 Å². The quantitative estimate of drug-likeness (QED) is 0.741. The molecule has 0 radical (unpaired) electrons. The maximum absolute atomic E-state index is 5.72. The number of ether oxygens (including phenoxy) is 2. The Kier molecular flexibility index (Phi) is 5.66. The molecule has 0 aromatic heterocycles. The van der Waals surface area contributed by atoms with Crippen LogP contribution in [0.5, 0.6) is 5.75 Å². The van der Waals surface area contributed by atoms with Gasteiger partial charge in [-0.1, -0.05) is 30.3 Å². The molecule has 3 heteroatoms. The molecule has 2 N–H and O–H groups in total. The van der Waals surface area contributed by atoms with Crippen LogP contribution in [0.15, 0.2) is 42.5 Å². The summed E-state index contributed by atoms with van der Waals surface area (Å²) in [5.74, 6) is 0.917. The first-order valence-corrected chi connectivity index (χ1v) is 6.79. The van der Waals surface area contributed by atoms with Crippen LogP contribution in [0, 0.1) is 0 Å². The fourth-order valence-corrected chi connectivity index (χ4v) is 1.90. The average molecular weight is 259 g/mol. The second-order valence-electron chi connectivity index (χ2n) is 4.47.